The normalized spacial score (nSPS) is 13.2. The van der Waals surface area contributed by atoms with Crippen molar-refractivity contribution in [1.29, 1.82) is 0 Å². The first-order valence-electron chi connectivity index (χ1n) is 10.4. The fourth-order valence-corrected chi connectivity index (χ4v) is 4.00. The van der Waals surface area contributed by atoms with E-state index >= 15 is 0 Å². The lowest BCUT2D eigenvalue weighted by Crippen LogP contribution is -2.23. The van der Waals surface area contributed by atoms with Gasteiger partial charge in [-0.3, -0.25) is 4.18 Å². The van der Waals surface area contributed by atoms with Gasteiger partial charge in [-0.1, -0.05) is 56.0 Å². The van der Waals surface area contributed by atoms with Gasteiger partial charge in [-0.05, 0) is 49.6 Å². The van der Waals surface area contributed by atoms with E-state index in [1.807, 2.05) is 0 Å². The molecule has 0 heterocycles. The van der Waals surface area contributed by atoms with Gasteiger partial charge in [-0.25, -0.2) is 0 Å². The average molecular weight is 459 g/mol. The van der Waals surface area contributed by atoms with E-state index in [0.29, 0.717) is 12.4 Å². The summed E-state index contributed by atoms with van der Waals surface area (Å²) in [5, 5.41) is 0. The number of rotatable bonds is 12. The standard InChI is InChI=1S/C23H29F3O4S/c1-3-4-5-6-16-29-20-11-9-19(10-12-20)22(23(24,25)26)15-17-30-31(27,28)21-13-7-18(2)8-14-21/h7-14,22H,3-6,15-17H2,1-2H3. The number of benzene rings is 2. The van der Waals surface area contributed by atoms with Crippen molar-refractivity contribution in [2.45, 2.75) is 62.9 Å². The Morgan fingerprint density at radius 3 is 2.13 bits per heavy atom. The smallest absolute Gasteiger partial charge is 0.395 e. The molecule has 4 nitrogen and oxygen atoms in total. The van der Waals surface area contributed by atoms with Gasteiger partial charge in [0.1, 0.15) is 5.75 Å². The summed E-state index contributed by atoms with van der Waals surface area (Å²) >= 11 is 0. The van der Waals surface area contributed by atoms with Gasteiger partial charge in [0.2, 0.25) is 0 Å². The number of hydrogen-bond donors (Lipinski definition) is 0. The van der Waals surface area contributed by atoms with Crippen molar-refractivity contribution in [2.75, 3.05) is 13.2 Å². The summed E-state index contributed by atoms with van der Waals surface area (Å²) in [7, 11) is -4.11. The van der Waals surface area contributed by atoms with Crippen LogP contribution in [0.15, 0.2) is 53.4 Å². The lowest BCUT2D eigenvalue weighted by atomic mass is 9.95. The molecule has 0 N–H and O–H groups in total. The fraction of sp³-hybridized carbons (Fsp3) is 0.478. The van der Waals surface area contributed by atoms with Crippen molar-refractivity contribution in [3.05, 3.63) is 59.7 Å². The summed E-state index contributed by atoms with van der Waals surface area (Å²) in [4.78, 5) is -0.0814. The van der Waals surface area contributed by atoms with Gasteiger partial charge in [0, 0.05) is 0 Å². The van der Waals surface area contributed by atoms with Gasteiger partial charge in [0.15, 0.2) is 0 Å². The van der Waals surface area contributed by atoms with Crippen LogP contribution in [0.25, 0.3) is 0 Å². The number of alkyl halides is 3. The monoisotopic (exact) mass is 458 g/mol. The van der Waals surface area contributed by atoms with Crippen LogP contribution in [0.4, 0.5) is 13.2 Å². The zero-order valence-corrected chi connectivity index (χ0v) is 18.6. The minimum absolute atomic E-state index is 0.0437. The van der Waals surface area contributed by atoms with Gasteiger partial charge >= 0.3 is 6.18 Å². The van der Waals surface area contributed by atoms with Crippen LogP contribution in [0, 0.1) is 6.92 Å². The van der Waals surface area contributed by atoms with Crippen molar-refractivity contribution >= 4 is 10.1 Å². The van der Waals surface area contributed by atoms with E-state index in [0.717, 1.165) is 31.2 Å². The molecule has 172 valence electrons. The quantitative estimate of drug-likeness (QED) is 0.273. The Balaban J connectivity index is 1.96. The minimum Gasteiger partial charge on any atom is -0.494 e. The van der Waals surface area contributed by atoms with E-state index in [9.17, 15) is 21.6 Å². The van der Waals surface area contributed by atoms with Crippen molar-refractivity contribution < 1.29 is 30.5 Å². The third-order valence-electron chi connectivity index (χ3n) is 4.90. The highest BCUT2D eigenvalue weighted by Crippen LogP contribution is 2.38. The molecular weight excluding hydrogens is 429 g/mol. The lowest BCUT2D eigenvalue weighted by molar-refractivity contribution is -0.153. The molecule has 0 spiro atoms. The van der Waals surface area contributed by atoms with Gasteiger partial charge in [0.25, 0.3) is 10.1 Å². The fourth-order valence-electron chi connectivity index (χ4n) is 3.08. The highest BCUT2D eigenvalue weighted by atomic mass is 32.2. The number of ether oxygens (including phenoxy) is 1. The van der Waals surface area contributed by atoms with Crippen molar-refractivity contribution in [1.82, 2.24) is 0 Å². The average Bonchev–Trinajstić information content (AvgIpc) is 2.71. The summed E-state index contributed by atoms with van der Waals surface area (Å²) in [6.07, 6.45) is -0.851. The van der Waals surface area contributed by atoms with Crippen LogP contribution in [0.1, 0.15) is 56.1 Å². The molecule has 0 saturated heterocycles. The second kappa shape index (κ2) is 11.5. The topological polar surface area (TPSA) is 52.6 Å². The molecule has 0 aliphatic carbocycles. The number of halogens is 3. The zero-order chi connectivity index (χ0) is 22.9. The van der Waals surface area contributed by atoms with E-state index in [1.165, 1.54) is 36.4 Å². The molecule has 0 fully saturated rings. The first-order chi connectivity index (χ1) is 14.6. The molecule has 0 bridgehead atoms. The van der Waals surface area contributed by atoms with Crippen LogP contribution in [-0.2, 0) is 14.3 Å². The van der Waals surface area contributed by atoms with Gasteiger partial charge in [-0.2, -0.15) is 21.6 Å². The second-order valence-corrected chi connectivity index (χ2v) is 9.07. The van der Waals surface area contributed by atoms with E-state index in [1.54, 1.807) is 19.1 Å². The molecule has 0 aromatic heterocycles. The molecule has 1 atom stereocenters. The summed E-state index contributed by atoms with van der Waals surface area (Å²) in [5.74, 6) is -1.32. The summed E-state index contributed by atoms with van der Waals surface area (Å²) in [6, 6.07) is 11.7. The van der Waals surface area contributed by atoms with Crippen molar-refractivity contribution in [3.63, 3.8) is 0 Å². The van der Waals surface area contributed by atoms with Gasteiger partial charge in [-0.15, -0.1) is 0 Å². The molecule has 31 heavy (non-hydrogen) atoms. The third-order valence-corrected chi connectivity index (χ3v) is 6.23. The van der Waals surface area contributed by atoms with Crippen molar-refractivity contribution in [2.24, 2.45) is 0 Å². The maximum atomic E-state index is 13.6. The number of aryl methyl sites for hydroxylation is 1. The SMILES string of the molecule is CCCCCCOc1ccc(C(CCOS(=O)(=O)c2ccc(C)cc2)C(F)(F)F)cc1. The largest absolute Gasteiger partial charge is 0.494 e. The van der Waals surface area contributed by atoms with Crippen LogP contribution in [-0.4, -0.2) is 27.8 Å². The Morgan fingerprint density at radius 1 is 0.903 bits per heavy atom. The van der Waals surface area contributed by atoms with Gasteiger partial charge in [0.05, 0.1) is 24.0 Å². The van der Waals surface area contributed by atoms with E-state index in [2.05, 4.69) is 6.92 Å². The highest BCUT2D eigenvalue weighted by molar-refractivity contribution is 7.86. The Morgan fingerprint density at radius 2 is 1.55 bits per heavy atom. The van der Waals surface area contributed by atoms with Crippen LogP contribution in [0.3, 0.4) is 0 Å². The predicted octanol–water partition coefficient (Wildman–Crippen LogP) is 6.40. The lowest BCUT2D eigenvalue weighted by Gasteiger charge is -2.21. The van der Waals surface area contributed by atoms with Crippen LogP contribution in [0.2, 0.25) is 0 Å². The Hall–Kier alpha value is -2.06. The Kier molecular flexibility index (Phi) is 9.37. The molecule has 0 saturated carbocycles. The second-order valence-electron chi connectivity index (χ2n) is 7.45. The third kappa shape index (κ3) is 8.18. The number of unbranched alkanes of at least 4 members (excludes halogenated alkanes) is 3. The molecule has 0 aliphatic rings. The summed E-state index contributed by atoms with van der Waals surface area (Å²) in [5.41, 5.74) is 0.909. The minimum atomic E-state index is -4.53. The predicted molar refractivity (Wildman–Crippen MR) is 114 cm³/mol. The zero-order valence-electron chi connectivity index (χ0n) is 17.8. The van der Waals surface area contributed by atoms with E-state index < -0.39 is 35.2 Å². The van der Waals surface area contributed by atoms with Crippen LogP contribution in [0.5, 0.6) is 5.75 Å². The molecule has 2 aromatic carbocycles. The van der Waals surface area contributed by atoms with E-state index in [4.69, 9.17) is 8.92 Å². The van der Waals surface area contributed by atoms with E-state index in [-0.39, 0.29) is 10.5 Å². The Bertz CT molecular complexity index is 892. The molecular formula is C23H29F3O4S. The summed E-state index contributed by atoms with van der Waals surface area (Å²) < 4.78 is 75.6. The maximum absolute atomic E-state index is 13.6. The molecule has 1 unspecified atom stereocenters. The molecule has 0 radical (unpaired) electrons. The molecule has 2 aromatic rings. The molecule has 0 amide bonds. The first-order valence-corrected chi connectivity index (χ1v) is 11.8. The van der Waals surface area contributed by atoms with Crippen molar-refractivity contribution in [3.8, 4) is 5.75 Å². The van der Waals surface area contributed by atoms with Crippen LogP contribution < -0.4 is 4.74 Å². The molecule has 8 heteroatoms. The maximum Gasteiger partial charge on any atom is 0.395 e. The van der Waals surface area contributed by atoms with Gasteiger partial charge < -0.3 is 4.74 Å². The number of hydrogen-bond acceptors (Lipinski definition) is 4. The molecule has 2 rings (SSSR count). The highest BCUT2D eigenvalue weighted by Gasteiger charge is 2.40. The van der Waals surface area contributed by atoms with Crippen LogP contribution >= 0.6 is 0 Å². The Labute approximate surface area is 182 Å². The first kappa shape index (κ1) is 25.2. The summed E-state index contributed by atoms with van der Waals surface area (Å²) in [6.45, 7) is 3.86. The molecule has 0 aliphatic heterocycles.